The molecule has 1 heterocycles. The summed E-state index contributed by atoms with van der Waals surface area (Å²) in [4.78, 5) is 0. The molecule has 1 atom stereocenters. The lowest BCUT2D eigenvalue weighted by Crippen LogP contribution is -2.26. The summed E-state index contributed by atoms with van der Waals surface area (Å²) in [5.41, 5.74) is 2.22. The summed E-state index contributed by atoms with van der Waals surface area (Å²) >= 11 is 0. The number of halogens is 1. The van der Waals surface area contributed by atoms with Gasteiger partial charge < -0.3 is 5.32 Å². The molecule has 3 nitrogen and oxygen atoms in total. The number of nitrogens with one attached hydrogen (secondary N) is 1. The molecular weight excluding hydrogens is 265 g/mol. The number of hydrogen-bond donors (Lipinski definition) is 1. The average molecular weight is 289 g/mol. The van der Waals surface area contributed by atoms with Crippen LogP contribution in [-0.2, 0) is 13.5 Å². The van der Waals surface area contributed by atoms with Crippen molar-refractivity contribution < 1.29 is 4.39 Å². The molecule has 0 fully saturated rings. The number of hydrogen-bond acceptors (Lipinski definition) is 2. The summed E-state index contributed by atoms with van der Waals surface area (Å²) in [6.07, 6.45) is 4.77. The maximum absolute atomic E-state index is 13.5. The van der Waals surface area contributed by atoms with Crippen molar-refractivity contribution >= 4 is 0 Å². The van der Waals surface area contributed by atoms with Crippen LogP contribution in [0.2, 0.25) is 0 Å². The monoisotopic (exact) mass is 289 g/mol. The molecule has 0 aliphatic carbocycles. The third kappa shape index (κ3) is 4.97. The van der Waals surface area contributed by atoms with Gasteiger partial charge in [0.25, 0.3) is 0 Å². The second-order valence-electron chi connectivity index (χ2n) is 6.03. The highest BCUT2D eigenvalue weighted by Gasteiger charge is 2.14. The lowest BCUT2D eigenvalue weighted by Gasteiger charge is -2.18. The van der Waals surface area contributed by atoms with Gasteiger partial charge in [0, 0.05) is 25.7 Å². The van der Waals surface area contributed by atoms with Crippen molar-refractivity contribution in [1.82, 2.24) is 15.1 Å². The van der Waals surface area contributed by atoms with Crippen LogP contribution < -0.4 is 5.32 Å². The quantitative estimate of drug-likeness (QED) is 0.848. The molecule has 1 unspecified atom stereocenters. The number of aryl methyl sites for hydroxylation is 1. The first-order valence-electron chi connectivity index (χ1n) is 7.48. The van der Waals surface area contributed by atoms with Crippen LogP contribution >= 0.6 is 0 Å². The molecule has 0 bridgehead atoms. The second-order valence-corrected chi connectivity index (χ2v) is 6.03. The predicted octanol–water partition coefficient (Wildman–Crippen LogP) is 3.13. The molecule has 2 aromatic rings. The fourth-order valence-corrected chi connectivity index (χ4v) is 2.48. The highest BCUT2D eigenvalue weighted by Crippen LogP contribution is 2.21. The summed E-state index contributed by atoms with van der Waals surface area (Å²) in [5.74, 6) is 0.688. The lowest BCUT2D eigenvalue weighted by atomic mass is 9.93. The SMILES string of the molecule is CC(C)CNCC(Cc1cnn(C)c1)c1cccc(F)c1. The number of benzene rings is 1. The fourth-order valence-electron chi connectivity index (χ4n) is 2.48. The molecule has 0 saturated heterocycles. The Hall–Kier alpha value is -1.68. The molecule has 4 heteroatoms. The zero-order valence-electron chi connectivity index (χ0n) is 13.0. The first-order valence-corrected chi connectivity index (χ1v) is 7.48. The van der Waals surface area contributed by atoms with Crippen LogP contribution in [0.1, 0.15) is 30.9 Å². The Kier molecular flexibility index (Phi) is 5.51. The Bertz CT molecular complexity index is 563. The van der Waals surface area contributed by atoms with Crippen LogP contribution in [0.4, 0.5) is 4.39 Å². The molecule has 1 N–H and O–H groups in total. The first kappa shape index (κ1) is 15.7. The minimum absolute atomic E-state index is 0.174. The lowest BCUT2D eigenvalue weighted by molar-refractivity contribution is 0.512. The van der Waals surface area contributed by atoms with Crippen LogP contribution in [0.15, 0.2) is 36.7 Å². The van der Waals surface area contributed by atoms with Gasteiger partial charge in [-0.15, -0.1) is 0 Å². The Morgan fingerprint density at radius 2 is 2.10 bits per heavy atom. The first-order chi connectivity index (χ1) is 10.0. The number of rotatable bonds is 7. The van der Waals surface area contributed by atoms with Crippen LogP contribution in [-0.4, -0.2) is 22.9 Å². The third-order valence-electron chi connectivity index (χ3n) is 3.50. The van der Waals surface area contributed by atoms with E-state index in [9.17, 15) is 4.39 Å². The topological polar surface area (TPSA) is 29.9 Å². The van der Waals surface area contributed by atoms with E-state index in [0.29, 0.717) is 5.92 Å². The summed E-state index contributed by atoms with van der Waals surface area (Å²) in [6.45, 7) is 6.19. The summed E-state index contributed by atoms with van der Waals surface area (Å²) in [6, 6.07) is 6.91. The van der Waals surface area contributed by atoms with Gasteiger partial charge in [-0.25, -0.2) is 4.39 Å². The average Bonchev–Trinajstić information content (AvgIpc) is 2.83. The molecule has 0 spiro atoms. The van der Waals surface area contributed by atoms with E-state index in [1.54, 1.807) is 16.8 Å². The van der Waals surface area contributed by atoms with E-state index in [-0.39, 0.29) is 11.7 Å². The Morgan fingerprint density at radius 3 is 2.71 bits per heavy atom. The van der Waals surface area contributed by atoms with Crippen LogP contribution in [0, 0.1) is 11.7 Å². The van der Waals surface area contributed by atoms with E-state index in [1.807, 2.05) is 25.5 Å². The standard InChI is InChI=1S/C17H24FN3/c1-13(2)9-19-11-16(7-14-10-20-21(3)12-14)15-5-4-6-17(18)8-15/h4-6,8,10,12-13,16,19H,7,9,11H2,1-3H3. The molecule has 114 valence electrons. The number of aromatic nitrogens is 2. The maximum Gasteiger partial charge on any atom is 0.123 e. The maximum atomic E-state index is 13.5. The Morgan fingerprint density at radius 1 is 1.29 bits per heavy atom. The van der Waals surface area contributed by atoms with E-state index in [4.69, 9.17) is 0 Å². The van der Waals surface area contributed by atoms with E-state index in [2.05, 4.69) is 24.3 Å². The summed E-state index contributed by atoms with van der Waals surface area (Å²) in [5, 5.41) is 7.69. The van der Waals surface area contributed by atoms with Crippen LogP contribution in [0.3, 0.4) is 0 Å². The van der Waals surface area contributed by atoms with Gasteiger partial charge in [-0.1, -0.05) is 26.0 Å². The van der Waals surface area contributed by atoms with E-state index < -0.39 is 0 Å². The summed E-state index contributed by atoms with van der Waals surface area (Å²) in [7, 11) is 1.91. The van der Waals surface area contributed by atoms with Crippen molar-refractivity contribution in [3.8, 4) is 0 Å². The van der Waals surface area contributed by atoms with Crippen molar-refractivity contribution in [2.24, 2.45) is 13.0 Å². The van der Waals surface area contributed by atoms with Gasteiger partial charge in [0.2, 0.25) is 0 Å². The molecule has 1 aromatic heterocycles. The zero-order valence-corrected chi connectivity index (χ0v) is 13.0. The Balaban J connectivity index is 2.09. The van der Waals surface area contributed by atoms with Gasteiger partial charge in [-0.3, -0.25) is 4.68 Å². The minimum atomic E-state index is -0.174. The fraction of sp³-hybridized carbons (Fsp3) is 0.471. The third-order valence-corrected chi connectivity index (χ3v) is 3.50. The molecule has 0 saturated carbocycles. The van der Waals surface area contributed by atoms with Crippen molar-refractivity contribution in [3.63, 3.8) is 0 Å². The van der Waals surface area contributed by atoms with Crippen molar-refractivity contribution in [2.45, 2.75) is 26.2 Å². The minimum Gasteiger partial charge on any atom is -0.316 e. The van der Waals surface area contributed by atoms with Gasteiger partial charge in [0.1, 0.15) is 5.82 Å². The molecule has 0 radical (unpaired) electrons. The molecule has 0 aliphatic heterocycles. The Labute approximate surface area is 126 Å². The van der Waals surface area contributed by atoms with Crippen molar-refractivity contribution in [1.29, 1.82) is 0 Å². The highest BCUT2D eigenvalue weighted by atomic mass is 19.1. The predicted molar refractivity (Wildman–Crippen MR) is 83.8 cm³/mol. The normalized spacial score (nSPS) is 12.8. The zero-order chi connectivity index (χ0) is 15.2. The van der Waals surface area contributed by atoms with Gasteiger partial charge >= 0.3 is 0 Å². The molecule has 0 aliphatic rings. The largest absolute Gasteiger partial charge is 0.316 e. The molecule has 2 rings (SSSR count). The summed E-state index contributed by atoms with van der Waals surface area (Å²) < 4.78 is 15.3. The molecular formula is C17H24FN3. The van der Waals surface area contributed by atoms with Gasteiger partial charge in [0.05, 0.1) is 6.20 Å². The van der Waals surface area contributed by atoms with Gasteiger partial charge in [-0.2, -0.15) is 5.10 Å². The van der Waals surface area contributed by atoms with Crippen molar-refractivity contribution in [2.75, 3.05) is 13.1 Å². The van der Waals surface area contributed by atoms with E-state index in [1.165, 1.54) is 11.6 Å². The smallest absolute Gasteiger partial charge is 0.123 e. The van der Waals surface area contributed by atoms with E-state index >= 15 is 0 Å². The van der Waals surface area contributed by atoms with Crippen LogP contribution in [0.5, 0.6) is 0 Å². The number of nitrogens with zero attached hydrogens (tertiary/aromatic N) is 2. The van der Waals surface area contributed by atoms with Gasteiger partial charge in [0.15, 0.2) is 0 Å². The molecule has 0 amide bonds. The second kappa shape index (κ2) is 7.36. The van der Waals surface area contributed by atoms with E-state index in [0.717, 1.165) is 25.1 Å². The van der Waals surface area contributed by atoms with Crippen molar-refractivity contribution in [3.05, 3.63) is 53.6 Å². The molecule has 1 aromatic carbocycles. The van der Waals surface area contributed by atoms with Crippen LogP contribution in [0.25, 0.3) is 0 Å². The molecule has 21 heavy (non-hydrogen) atoms. The van der Waals surface area contributed by atoms with Gasteiger partial charge in [-0.05, 0) is 42.1 Å². The highest BCUT2D eigenvalue weighted by molar-refractivity contribution is 5.23.